The fourth-order valence-corrected chi connectivity index (χ4v) is 1.90. The molecule has 19 heavy (non-hydrogen) atoms. The highest BCUT2D eigenvalue weighted by atomic mass is 35.5. The first-order valence-electron chi connectivity index (χ1n) is 5.55. The molecule has 5 nitrogen and oxygen atoms in total. The summed E-state index contributed by atoms with van der Waals surface area (Å²) in [6.07, 6.45) is 0. The number of methoxy groups -OCH3 is 2. The highest BCUT2D eigenvalue weighted by Gasteiger charge is 2.12. The normalized spacial score (nSPS) is 10.3. The molecule has 0 unspecified atom stereocenters. The number of rotatable bonds is 3. The van der Waals surface area contributed by atoms with Gasteiger partial charge in [-0.2, -0.15) is 9.78 Å². The van der Waals surface area contributed by atoms with Gasteiger partial charge in [0.25, 0.3) is 5.56 Å². The Balaban J connectivity index is 2.73. The molecule has 6 heteroatoms. The summed E-state index contributed by atoms with van der Waals surface area (Å²) in [5.74, 6) is 1.19. The SMILES string of the molecule is COc1cc(OC)c(C)c(-n2nc(Cl)ccc2=O)c1. The lowest BCUT2D eigenvalue weighted by Crippen LogP contribution is -2.20. The van der Waals surface area contributed by atoms with E-state index in [2.05, 4.69) is 5.10 Å². The van der Waals surface area contributed by atoms with E-state index in [0.29, 0.717) is 17.2 Å². The van der Waals surface area contributed by atoms with Crippen molar-refractivity contribution in [1.29, 1.82) is 0 Å². The van der Waals surface area contributed by atoms with Crippen molar-refractivity contribution in [2.45, 2.75) is 6.92 Å². The number of nitrogens with zero attached hydrogens (tertiary/aromatic N) is 2. The van der Waals surface area contributed by atoms with Crippen LogP contribution >= 0.6 is 11.6 Å². The van der Waals surface area contributed by atoms with E-state index in [1.807, 2.05) is 6.92 Å². The molecule has 1 aromatic heterocycles. The summed E-state index contributed by atoms with van der Waals surface area (Å²) in [5.41, 5.74) is 1.08. The van der Waals surface area contributed by atoms with Crippen LogP contribution in [0.25, 0.3) is 5.69 Å². The summed E-state index contributed by atoms with van der Waals surface area (Å²) in [6.45, 7) is 1.84. The summed E-state index contributed by atoms with van der Waals surface area (Å²) in [7, 11) is 3.10. The molecule has 0 bridgehead atoms. The molecule has 1 heterocycles. The molecule has 0 amide bonds. The zero-order valence-corrected chi connectivity index (χ0v) is 11.6. The molecule has 1 aromatic carbocycles. The fraction of sp³-hybridized carbons (Fsp3) is 0.231. The Hall–Kier alpha value is -2.01. The van der Waals surface area contributed by atoms with Gasteiger partial charge in [0.1, 0.15) is 16.7 Å². The molecule has 0 aliphatic heterocycles. The van der Waals surface area contributed by atoms with Gasteiger partial charge in [-0.25, -0.2) is 0 Å². The van der Waals surface area contributed by atoms with Gasteiger partial charge >= 0.3 is 0 Å². The highest BCUT2D eigenvalue weighted by Crippen LogP contribution is 2.29. The maximum Gasteiger partial charge on any atom is 0.271 e. The summed E-state index contributed by atoms with van der Waals surface area (Å²) in [6, 6.07) is 6.27. The number of ether oxygens (including phenoxy) is 2. The Morgan fingerprint density at radius 2 is 1.95 bits per heavy atom. The second kappa shape index (κ2) is 5.32. The molecule has 0 spiro atoms. The fourth-order valence-electron chi connectivity index (χ4n) is 1.76. The predicted octanol–water partition coefficient (Wildman–Crippen LogP) is 2.21. The van der Waals surface area contributed by atoms with Gasteiger partial charge in [-0.05, 0) is 13.0 Å². The second-order valence-electron chi connectivity index (χ2n) is 3.88. The molecule has 100 valence electrons. The van der Waals surface area contributed by atoms with Crippen molar-refractivity contribution in [3.8, 4) is 17.2 Å². The van der Waals surface area contributed by atoms with E-state index in [4.69, 9.17) is 21.1 Å². The minimum Gasteiger partial charge on any atom is -0.497 e. The van der Waals surface area contributed by atoms with Crippen LogP contribution in [-0.4, -0.2) is 24.0 Å². The quantitative estimate of drug-likeness (QED) is 0.865. The van der Waals surface area contributed by atoms with Crippen molar-refractivity contribution in [2.24, 2.45) is 0 Å². The molecule has 0 saturated carbocycles. The molecular formula is C13H13ClN2O3. The van der Waals surface area contributed by atoms with Crippen molar-refractivity contribution >= 4 is 11.6 Å². The molecule has 0 saturated heterocycles. The van der Waals surface area contributed by atoms with Crippen LogP contribution < -0.4 is 15.0 Å². The zero-order valence-electron chi connectivity index (χ0n) is 10.8. The van der Waals surface area contributed by atoms with Crippen LogP contribution in [0.2, 0.25) is 5.15 Å². The van der Waals surface area contributed by atoms with Crippen molar-refractivity contribution in [3.05, 3.63) is 45.3 Å². The second-order valence-corrected chi connectivity index (χ2v) is 4.27. The third kappa shape index (κ3) is 2.56. The topological polar surface area (TPSA) is 53.4 Å². The van der Waals surface area contributed by atoms with Crippen molar-refractivity contribution < 1.29 is 9.47 Å². The lowest BCUT2D eigenvalue weighted by molar-refractivity contribution is 0.391. The number of halogens is 1. The zero-order chi connectivity index (χ0) is 14.0. The van der Waals surface area contributed by atoms with E-state index in [1.54, 1.807) is 26.4 Å². The van der Waals surface area contributed by atoms with Gasteiger partial charge in [0.2, 0.25) is 0 Å². The van der Waals surface area contributed by atoms with Gasteiger partial charge in [0.05, 0.1) is 19.9 Å². The van der Waals surface area contributed by atoms with Gasteiger partial charge < -0.3 is 9.47 Å². The van der Waals surface area contributed by atoms with E-state index in [9.17, 15) is 4.79 Å². The number of hydrogen-bond acceptors (Lipinski definition) is 4. The molecule has 0 fully saturated rings. The van der Waals surface area contributed by atoms with E-state index >= 15 is 0 Å². The van der Waals surface area contributed by atoms with E-state index in [1.165, 1.54) is 16.8 Å². The van der Waals surface area contributed by atoms with Crippen molar-refractivity contribution in [1.82, 2.24) is 9.78 Å². The Kier molecular flexibility index (Phi) is 3.76. The summed E-state index contributed by atoms with van der Waals surface area (Å²) in [4.78, 5) is 11.9. The van der Waals surface area contributed by atoms with Crippen molar-refractivity contribution in [2.75, 3.05) is 14.2 Å². The third-order valence-electron chi connectivity index (χ3n) is 2.76. The smallest absolute Gasteiger partial charge is 0.271 e. The first kappa shape index (κ1) is 13.4. The summed E-state index contributed by atoms with van der Waals surface area (Å²) >= 11 is 5.83. The van der Waals surface area contributed by atoms with Crippen LogP contribution in [0.1, 0.15) is 5.56 Å². The molecule has 0 radical (unpaired) electrons. The van der Waals surface area contributed by atoms with Gasteiger partial charge in [0, 0.05) is 23.8 Å². The van der Waals surface area contributed by atoms with Crippen molar-refractivity contribution in [3.63, 3.8) is 0 Å². The molecule has 0 aliphatic rings. The molecular weight excluding hydrogens is 268 g/mol. The maximum atomic E-state index is 11.9. The molecule has 2 rings (SSSR count). The predicted molar refractivity (Wildman–Crippen MR) is 72.7 cm³/mol. The Labute approximate surface area is 115 Å². The number of benzene rings is 1. The first-order chi connectivity index (χ1) is 9.06. The van der Waals surface area contributed by atoms with Crippen LogP contribution in [-0.2, 0) is 0 Å². The molecule has 0 atom stereocenters. The first-order valence-corrected chi connectivity index (χ1v) is 5.93. The minimum atomic E-state index is -0.275. The number of aromatic nitrogens is 2. The number of hydrogen-bond donors (Lipinski definition) is 0. The maximum absolute atomic E-state index is 11.9. The molecule has 0 N–H and O–H groups in total. The van der Waals surface area contributed by atoms with Gasteiger partial charge in [-0.15, -0.1) is 0 Å². The monoisotopic (exact) mass is 280 g/mol. The Bertz CT molecular complexity index is 667. The third-order valence-corrected chi connectivity index (χ3v) is 2.96. The van der Waals surface area contributed by atoms with Crippen LogP contribution in [0.3, 0.4) is 0 Å². The standard InChI is InChI=1S/C13H13ClN2O3/c1-8-10(6-9(18-2)7-11(8)19-3)16-13(17)5-4-12(14)15-16/h4-7H,1-3H3. The lowest BCUT2D eigenvalue weighted by Gasteiger charge is -2.13. The summed E-state index contributed by atoms with van der Waals surface area (Å²) < 4.78 is 11.7. The minimum absolute atomic E-state index is 0.237. The summed E-state index contributed by atoms with van der Waals surface area (Å²) in [5, 5.41) is 4.25. The van der Waals surface area contributed by atoms with Crippen LogP contribution in [0.15, 0.2) is 29.1 Å². The largest absolute Gasteiger partial charge is 0.497 e. The van der Waals surface area contributed by atoms with Crippen LogP contribution in [0, 0.1) is 6.92 Å². The highest BCUT2D eigenvalue weighted by molar-refractivity contribution is 6.29. The van der Waals surface area contributed by atoms with E-state index < -0.39 is 0 Å². The Morgan fingerprint density at radius 3 is 2.58 bits per heavy atom. The van der Waals surface area contributed by atoms with Gasteiger partial charge in [-0.3, -0.25) is 4.79 Å². The Morgan fingerprint density at radius 1 is 1.21 bits per heavy atom. The van der Waals surface area contributed by atoms with E-state index in [0.717, 1.165) is 5.56 Å². The van der Waals surface area contributed by atoms with Gasteiger partial charge in [-0.1, -0.05) is 11.6 Å². The van der Waals surface area contributed by atoms with Crippen LogP contribution in [0.4, 0.5) is 0 Å². The van der Waals surface area contributed by atoms with E-state index in [-0.39, 0.29) is 10.7 Å². The molecule has 0 aliphatic carbocycles. The lowest BCUT2D eigenvalue weighted by atomic mass is 10.1. The molecule has 2 aromatic rings. The average Bonchev–Trinajstić information content (AvgIpc) is 2.42. The van der Waals surface area contributed by atoms with Crippen LogP contribution in [0.5, 0.6) is 11.5 Å². The van der Waals surface area contributed by atoms with Gasteiger partial charge in [0.15, 0.2) is 0 Å². The average molecular weight is 281 g/mol.